The number of carbonyl (C=O) groups excluding carboxylic acids is 2. The zero-order valence-electron chi connectivity index (χ0n) is 9.01. The van der Waals surface area contributed by atoms with E-state index in [-0.39, 0.29) is 18.0 Å². The molecular weight excluding hydrogens is 204 g/mol. The summed E-state index contributed by atoms with van der Waals surface area (Å²) in [5, 5.41) is 0. The van der Waals surface area contributed by atoms with Gasteiger partial charge in [-0.05, 0) is 18.6 Å². The van der Waals surface area contributed by atoms with Crippen LogP contribution < -0.4 is 9.80 Å². The van der Waals surface area contributed by atoms with Crippen molar-refractivity contribution < 1.29 is 9.59 Å². The second kappa shape index (κ2) is 3.07. The summed E-state index contributed by atoms with van der Waals surface area (Å²) < 4.78 is 0. The fraction of sp³-hybridized carbons (Fsp3) is 0.333. The average molecular weight is 216 g/mol. The smallest absolute Gasteiger partial charge is 0.228 e. The SMILES string of the molecule is CC(=O)N1c2ccccc2N2C(=O)CCC12. The highest BCUT2D eigenvalue weighted by atomic mass is 16.2. The predicted octanol–water partition coefficient (Wildman–Crippen LogP) is 1.51. The normalized spacial score (nSPS) is 22.3. The van der Waals surface area contributed by atoms with Crippen molar-refractivity contribution in [3.05, 3.63) is 24.3 Å². The number of carbonyl (C=O) groups is 2. The van der Waals surface area contributed by atoms with E-state index in [4.69, 9.17) is 0 Å². The molecule has 0 aliphatic carbocycles. The van der Waals surface area contributed by atoms with Gasteiger partial charge in [-0.1, -0.05) is 12.1 Å². The Hall–Kier alpha value is -1.84. The fourth-order valence-electron chi connectivity index (χ4n) is 2.62. The van der Waals surface area contributed by atoms with Gasteiger partial charge in [-0.2, -0.15) is 0 Å². The van der Waals surface area contributed by atoms with Gasteiger partial charge in [0.1, 0.15) is 6.17 Å². The molecule has 0 bridgehead atoms. The minimum Gasteiger partial charge on any atom is -0.289 e. The van der Waals surface area contributed by atoms with Crippen molar-refractivity contribution in [1.29, 1.82) is 0 Å². The highest BCUT2D eigenvalue weighted by Gasteiger charge is 2.44. The predicted molar refractivity (Wildman–Crippen MR) is 60.1 cm³/mol. The molecule has 1 aromatic rings. The van der Waals surface area contributed by atoms with Crippen molar-refractivity contribution in [2.75, 3.05) is 9.80 Å². The number of hydrogen-bond donors (Lipinski definition) is 0. The number of benzene rings is 1. The third-order valence-corrected chi connectivity index (χ3v) is 3.22. The number of hydrogen-bond acceptors (Lipinski definition) is 2. The van der Waals surface area contributed by atoms with Gasteiger partial charge < -0.3 is 0 Å². The average Bonchev–Trinajstić information content (AvgIpc) is 2.76. The Bertz CT molecular complexity index is 469. The van der Waals surface area contributed by atoms with Gasteiger partial charge in [0.15, 0.2) is 0 Å². The van der Waals surface area contributed by atoms with Crippen LogP contribution in [0.3, 0.4) is 0 Å². The minimum absolute atomic E-state index is 0.00495. The number of fused-ring (bicyclic) bond motifs is 3. The van der Waals surface area contributed by atoms with Crippen LogP contribution in [0.15, 0.2) is 24.3 Å². The quantitative estimate of drug-likeness (QED) is 0.659. The Balaban J connectivity index is 2.17. The molecule has 4 nitrogen and oxygen atoms in total. The molecular formula is C12H12N2O2. The number of amides is 2. The van der Waals surface area contributed by atoms with E-state index >= 15 is 0 Å². The molecule has 0 radical (unpaired) electrons. The highest BCUT2D eigenvalue weighted by Crippen LogP contribution is 2.44. The van der Waals surface area contributed by atoms with E-state index in [0.717, 1.165) is 17.8 Å². The monoisotopic (exact) mass is 216 g/mol. The van der Waals surface area contributed by atoms with Crippen LogP contribution in [0, 0.1) is 0 Å². The van der Waals surface area contributed by atoms with Crippen LogP contribution in [-0.4, -0.2) is 18.0 Å². The third kappa shape index (κ3) is 1.04. The highest BCUT2D eigenvalue weighted by molar-refractivity contribution is 6.09. The first-order valence-electron chi connectivity index (χ1n) is 5.41. The van der Waals surface area contributed by atoms with Crippen LogP contribution in [0.2, 0.25) is 0 Å². The van der Waals surface area contributed by atoms with Crippen molar-refractivity contribution in [2.24, 2.45) is 0 Å². The maximum Gasteiger partial charge on any atom is 0.228 e. The lowest BCUT2D eigenvalue weighted by atomic mass is 10.2. The van der Waals surface area contributed by atoms with Crippen LogP contribution >= 0.6 is 0 Å². The summed E-state index contributed by atoms with van der Waals surface area (Å²) in [6, 6.07) is 7.57. The Morgan fingerprint density at radius 2 is 2.00 bits per heavy atom. The molecule has 1 saturated heterocycles. The van der Waals surface area contributed by atoms with Crippen LogP contribution in [-0.2, 0) is 9.59 Å². The van der Waals surface area contributed by atoms with Crippen molar-refractivity contribution in [1.82, 2.24) is 0 Å². The van der Waals surface area contributed by atoms with Gasteiger partial charge in [0.25, 0.3) is 0 Å². The van der Waals surface area contributed by atoms with E-state index in [2.05, 4.69) is 0 Å². The number of rotatable bonds is 0. The van der Waals surface area contributed by atoms with Crippen molar-refractivity contribution >= 4 is 23.2 Å². The number of nitrogens with zero attached hydrogens (tertiary/aromatic N) is 2. The van der Waals surface area contributed by atoms with Gasteiger partial charge in [-0.25, -0.2) is 0 Å². The second-order valence-corrected chi connectivity index (χ2v) is 4.16. The van der Waals surface area contributed by atoms with Gasteiger partial charge in [0.2, 0.25) is 11.8 Å². The molecule has 1 fully saturated rings. The molecule has 0 spiro atoms. The van der Waals surface area contributed by atoms with Crippen LogP contribution in [0.4, 0.5) is 11.4 Å². The third-order valence-electron chi connectivity index (χ3n) is 3.22. The summed E-state index contributed by atoms with van der Waals surface area (Å²) in [7, 11) is 0. The van der Waals surface area contributed by atoms with Crippen LogP contribution in [0.1, 0.15) is 19.8 Å². The molecule has 82 valence electrons. The first-order valence-corrected chi connectivity index (χ1v) is 5.41. The van der Waals surface area contributed by atoms with Gasteiger partial charge in [-0.3, -0.25) is 19.4 Å². The Kier molecular flexibility index (Phi) is 1.80. The van der Waals surface area contributed by atoms with E-state index in [1.807, 2.05) is 24.3 Å². The van der Waals surface area contributed by atoms with Crippen molar-refractivity contribution in [2.45, 2.75) is 25.9 Å². The number of anilines is 2. The van der Waals surface area contributed by atoms with Gasteiger partial charge in [-0.15, -0.1) is 0 Å². The molecule has 3 rings (SSSR count). The lowest BCUT2D eigenvalue weighted by molar-refractivity contribution is -0.117. The standard InChI is InChI=1S/C12H12N2O2/c1-8(15)13-9-4-2-3-5-10(9)14-11(13)6-7-12(14)16/h2-5,11H,6-7H2,1H3. The molecule has 2 aliphatic rings. The summed E-state index contributed by atoms with van der Waals surface area (Å²) in [6.07, 6.45) is 1.16. The van der Waals surface area contributed by atoms with Gasteiger partial charge in [0, 0.05) is 13.3 Å². The fourth-order valence-corrected chi connectivity index (χ4v) is 2.62. The molecule has 1 unspecified atom stereocenters. The van der Waals surface area contributed by atoms with Gasteiger partial charge in [0.05, 0.1) is 11.4 Å². The van der Waals surface area contributed by atoms with Gasteiger partial charge >= 0.3 is 0 Å². The van der Waals surface area contributed by atoms with Crippen molar-refractivity contribution in [3.8, 4) is 0 Å². The molecule has 2 heterocycles. The molecule has 0 saturated carbocycles. The minimum atomic E-state index is -0.0950. The van der Waals surface area contributed by atoms with Crippen LogP contribution in [0.5, 0.6) is 0 Å². The topological polar surface area (TPSA) is 40.6 Å². The molecule has 2 aliphatic heterocycles. The summed E-state index contributed by atoms with van der Waals surface area (Å²) >= 11 is 0. The van der Waals surface area contributed by atoms with E-state index in [1.54, 1.807) is 16.7 Å². The van der Waals surface area contributed by atoms with E-state index < -0.39 is 0 Å². The summed E-state index contributed by atoms with van der Waals surface area (Å²) in [4.78, 5) is 26.9. The zero-order chi connectivity index (χ0) is 11.3. The maximum absolute atomic E-state index is 11.8. The second-order valence-electron chi connectivity index (χ2n) is 4.16. The van der Waals surface area contributed by atoms with Crippen molar-refractivity contribution in [3.63, 3.8) is 0 Å². The first kappa shape index (κ1) is 9.39. The largest absolute Gasteiger partial charge is 0.289 e. The summed E-state index contributed by atoms with van der Waals surface area (Å²) in [6.45, 7) is 1.54. The van der Waals surface area contributed by atoms with E-state index in [1.165, 1.54) is 0 Å². The lowest BCUT2D eigenvalue weighted by Gasteiger charge is -2.23. The first-order chi connectivity index (χ1) is 7.70. The Morgan fingerprint density at radius 3 is 2.69 bits per heavy atom. The summed E-state index contributed by atoms with van der Waals surface area (Å²) in [5.41, 5.74) is 1.72. The number of para-hydroxylation sites is 2. The Labute approximate surface area is 93.5 Å². The maximum atomic E-state index is 11.8. The zero-order valence-corrected chi connectivity index (χ0v) is 9.01. The molecule has 0 aromatic heterocycles. The summed E-state index contributed by atoms with van der Waals surface area (Å²) in [5.74, 6) is 0.107. The van der Waals surface area contributed by atoms with E-state index in [0.29, 0.717) is 6.42 Å². The Morgan fingerprint density at radius 1 is 1.31 bits per heavy atom. The molecule has 1 aromatic carbocycles. The molecule has 16 heavy (non-hydrogen) atoms. The molecule has 0 N–H and O–H groups in total. The van der Waals surface area contributed by atoms with Crippen LogP contribution in [0.25, 0.3) is 0 Å². The molecule has 1 atom stereocenters. The molecule has 4 heteroatoms. The molecule has 2 amide bonds. The van der Waals surface area contributed by atoms with E-state index in [9.17, 15) is 9.59 Å². The lowest BCUT2D eigenvalue weighted by Crippen LogP contribution is -2.42.